The van der Waals surface area contributed by atoms with Crippen LogP contribution in [0.5, 0.6) is 11.5 Å². The second-order valence-corrected chi connectivity index (χ2v) is 8.61. The van der Waals surface area contributed by atoms with Gasteiger partial charge in [-0.25, -0.2) is 0 Å². The SMILES string of the molecule is CCN(CC)c1ccc(C=c2sc3nc(=O)c(Cc4ccc(OC)c(OC)c4)nn3c2=O)cc1. The molecular formula is C25H26N4O4S. The van der Waals surface area contributed by atoms with Gasteiger partial charge in [-0.1, -0.05) is 29.5 Å². The number of hydrogen-bond acceptors (Lipinski definition) is 8. The summed E-state index contributed by atoms with van der Waals surface area (Å²) >= 11 is 1.15. The van der Waals surface area contributed by atoms with Crippen LogP contribution in [0.25, 0.3) is 11.0 Å². The molecule has 0 saturated heterocycles. The third-order valence-electron chi connectivity index (χ3n) is 5.59. The number of ether oxygens (including phenoxy) is 2. The molecule has 2 heterocycles. The fourth-order valence-corrected chi connectivity index (χ4v) is 4.66. The van der Waals surface area contributed by atoms with E-state index in [9.17, 15) is 9.59 Å². The lowest BCUT2D eigenvalue weighted by Gasteiger charge is -2.20. The number of fused-ring (bicyclic) bond motifs is 1. The van der Waals surface area contributed by atoms with E-state index in [0.29, 0.717) is 16.0 Å². The summed E-state index contributed by atoms with van der Waals surface area (Å²) in [4.78, 5) is 32.2. The molecule has 2 aromatic carbocycles. The largest absolute Gasteiger partial charge is 0.493 e. The molecule has 0 aliphatic rings. The molecule has 0 spiro atoms. The second-order valence-electron chi connectivity index (χ2n) is 7.60. The lowest BCUT2D eigenvalue weighted by atomic mass is 10.1. The van der Waals surface area contributed by atoms with Crippen LogP contribution in [-0.2, 0) is 6.42 Å². The molecule has 9 heteroatoms. The van der Waals surface area contributed by atoms with Crippen molar-refractivity contribution < 1.29 is 9.47 Å². The van der Waals surface area contributed by atoms with Crippen molar-refractivity contribution in [3.05, 3.63) is 84.5 Å². The molecule has 8 nitrogen and oxygen atoms in total. The highest BCUT2D eigenvalue weighted by Gasteiger charge is 2.13. The third kappa shape index (κ3) is 4.65. The van der Waals surface area contributed by atoms with Crippen LogP contribution in [0.4, 0.5) is 5.69 Å². The minimum Gasteiger partial charge on any atom is -0.493 e. The average Bonchev–Trinajstić information content (AvgIpc) is 3.14. The number of anilines is 1. The van der Waals surface area contributed by atoms with Gasteiger partial charge in [-0.2, -0.15) is 14.6 Å². The van der Waals surface area contributed by atoms with Gasteiger partial charge in [0, 0.05) is 25.2 Å². The van der Waals surface area contributed by atoms with Gasteiger partial charge in [0.15, 0.2) is 11.5 Å². The van der Waals surface area contributed by atoms with Gasteiger partial charge < -0.3 is 14.4 Å². The number of nitrogens with zero attached hydrogens (tertiary/aromatic N) is 4. The molecule has 0 unspecified atom stereocenters. The van der Waals surface area contributed by atoms with Gasteiger partial charge in [0.1, 0.15) is 5.69 Å². The van der Waals surface area contributed by atoms with Crippen molar-refractivity contribution in [2.75, 3.05) is 32.2 Å². The van der Waals surface area contributed by atoms with Crippen LogP contribution in [0.2, 0.25) is 0 Å². The average molecular weight is 479 g/mol. The van der Waals surface area contributed by atoms with Crippen molar-refractivity contribution in [3.63, 3.8) is 0 Å². The van der Waals surface area contributed by atoms with Crippen molar-refractivity contribution in [2.24, 2.45) is 0 Å². The molecule has 0 atom stereocenters. The zero-order valence-corrected chi connectivity index (χ0v) is 20.4. The van der Waals surface area contributed by atoms with E-state index < -0.39 is 5.56 Å². The Bertz CT molecular complexity index is 1470. The summed E-state index contributed by atoms with van der Waals surface area (Å²) in [5.74, 6) is 1.15. The van der Waals surface area contributed by atoms with E-state index in [1.807, 2.05) is 30.3 Å². The quantitative estimate of drug-likeness (QED) is 0.385. The fourth-order valence-electron chi connectivity index (χ4n) is 3.76. The number of methoxy groups -OCH3 is 2. The van der Waals surface area contributed by atoms with Gasteiger partial charge >= 0.3 is 0 Å². The smallest absolute Gasteiger partial charge is 0.296 e. The summed E-state index contributed by atoms with van der Waals surface area (Å²) in [5.41, 5.74) is 2.27. The molecule has 0 radical (unpaired) electrons. The summed E-state index contributed by atoms with van der Waals surface area (Å²) in [6.07, 6.45) is 2.02. The molecule has 4 rings (SSSR count). The van der Waals surface area contributed by atoms with E-state index in [1.54, 1.807) is 32.4 Å². The highest BCUT2D eigenvalue weighted by Crippen LogP contribution is 2.28. The lowest BCUT2D eigenvalue weighted by Crippen LogP contribution is -2.28. The number of rotatable bonds is 8. The molecule has 0 fully saturated rings. The van der Waals surface area contributed by atoms with Gasteiger partial charge in [0.05, 0.1) is 18.8 Å². The number of aromatic nitrogens is 3. The minimum atomic E-state index is -0.453. The first-order valence-corrected chi connectivity index (χ1v) is 11.8. The van der Waals surface area contributed by atoms with Gasteiger partial charge in [-0.15, -0.1) is 0 Å². The monoisotopic (exact) mass is 478 g/mol. The molecule has 0 aliphatic carbocycles. The molecule has 2 aromatic heterocycles. The Balaban J connectivity index is 1.68. The Labute approximate surface area is 200 Å². The Morgan fingerprint density at radius 1 is 1.00 bits per heavy atom. The molecule has 0 saturated carbocycles. The van der Waals surface area contributed by atoms with Crippen molar-refractivity contribution in [2.45, 2.75) is 20.3 Å². The van der Waals surface area contributed by atoms with Crippen LogP contribution in [0.3, 0.4) is 0 Å². The summed E-state index contributed by atoms with van der Waals surface area (Å²) in [6, 6.07) is 13.4. The lowest BCUT2D eigenvalue weighted by molar-refractivity contribution is 0.354. The fraction of sp³-hybridized carbons (Fsp3) is 0.280. The van der Waals surface area contributed by atoms with E-state index in [4.69, 9.17) is 9.47 Å². The number of thiazole rings is 1. The maximum Gasteiger partial charge on any atom is 0.296 e. The standard InChI is InChI=1S/C25H26N4O4S/c1-5-28(6-2)18-10-7-16(8-11-18)15-22-24(31)29-25(34-22)26-23(30)19(27-29)13-17-9-12-20(32-3)21(14-17)33-4/h7-12,14-15H,5-6,13H2,1-4H3. The molecule has 0 N–H and O–H groups in total. The Morgan fingerprint density at radius 2 is 1.71 bits per heavy atom. The highest BCUT2D eigenvalue weighted by molar-refractivity contribution is 7.15. The van der Waals surface area contributed by atoms with Crippen molar-refractivity contribution in [1.82, 2.24) is 14.6 Å². The first-order chi connectivity index (χ1) is 16.5. The highest BCUT2D eigenvalue weighted by atomic mass is 32.1. The van der Waals surface area contributed by atoms with Crippen LogP contribution in [0, 0.1) is 0 Å². The third-order valence-corrected chi connectivity index (χ3v) is 6.55. The molecule has 4 aromatic rings. The van der Waals surface area contributed by atoms with E-state index in [1.165, 1.54) is 4.52 Å². The van der Waals surface area contributed by atoms with Crippen molar-refractivity contribution in [1.29, 1.82) is 0 Å². The molecule has 34 heavy (non-hydrogen) atoms. The summed E-state index contributed by atoms with van der Waals surface area (Å²) < 4.78 is 12.3. The summed E-state index contributed by atoms with van der Waals surface area (Å²) in [7, 11) is 3.11. The van der Waals surface area contributed by atoms with Gasteiger partial charge in [-0.05, 0) is 55.3 Å². The normalized spacial score (nSPS) is 11.7. The van der Waals surface area contributed by atoms with Crippen LogP contribution in [-0.4, -0.2) is 41.9 Å². The molecule has 0 amide bonds. The minimum absolute atomic E-state index is 0.190. The summed E-state index contributed by atoms with van der Waals surface area (Å²) in [5, 5.41) is 4.33. The van der Waals surface area contributed by atoms with Crippen molar-refractivity contribution >= 4 is 28.1 Å². The van der Waals surface area contributed by atoms with Crippen LogP contribution < -0.4 is 30.0 Å². The number of hydrogen-bond donors (Lipinski definition) is 0. The first-order valence-electron chi connectivity index (χ1n) is 11.0. The Hall–Kier alpha value is -3.72. The molecule has 0 aliphatic heterocycles. The van der Waals surface area contributed by atoms with E-state index in [2.05, 4.69) is 28.8 Å². The predicted molar refractivity (Wildman–Crippen MR) is 135 cm³/mol. The van der Waals surface area contributed by atoms with E-state index >= 15 is 0 Å². The van der Waals surface area contributed by atoms with Crippen LogP contribution in [0.15, 0.2) is 52.1 Å². The van der Waals surface area contributed by atoms with Gasteiger partial charge in [0.2, 0.25) is 4.96 Å². The second kappa shape index (κ2) is 10.0. The summed E-state index contributed by atoms with van der Waals surface area (Å²) in [6.45, 7) is 6.09. The maximum absolute atomic E-state index is 13.0. The molecular weight excluding hydrogens is 452 g/mol. The molecule has 176 valence electrons. The van der Waals surface area contributed by atoms with Crippen molar-refractivity contribution in [3.8, 4) is 11.5 Å². The Kier molecular flexibility index (Phi) is 6.93. The zero-order chi connectivity index (χ0) is 24.2. The van der Waals surface area contributed by atoms with E-state index in [-0.39, 0.29) is 22.6 Å². The maximum atomic E-state index is 13.0. The van der Waals surface area contributed by atoms with E-state index in [0.717, 1.165) is 41.2 Å². The van der Waals surface area contributed by atoms with Crippen LogP contribution >= 0.6 is 11.3 Å². The number of benzene rings is 2. The Morgan fingerprint density at radius 3 is 2.35 bits per heavy atom. The topological polar surface area (TPSA) is 86.0 Å². The predicted octanol–water partition coefficient (Wildman–Crippen LogP) is 2.51. The first kappa shape index (κ1) is 23.4. The van der Waals surface area contributed by atoms with Gasteiger partial charge in [-0.3, -0.25) is 9.59 Å². The molecule has 0 bridgehead atoms. The zero-order valence-electron chi connectivity index (χ0n) is 19.6. The van der Waals surface area contributed by atoms with Crippen LogP contribution in [0.1, 0.15) is 30.7 Å². The van der Waals surface area contributed by atoms with Gasteiger partial charge in [0.25, 0.3) is 11.1 Å².